The number of aryl methyl sites for hydroxylation is 1. The number of aliphatic hydroxyl groups excluding tert-OH is 1. The Balaban J connectivity index is 2.02. The fourth-order valence-corrected chi connectivity index (χ4v) is 2.42. The topological polar surface area (TPSA) is 112 Å². The molecular formula is C14H17N5O3. The maximum Gasteiger partial charge on any atom is 0.228 e. The van der Waals surface area contributed by atoms with E-state index in [2.05, 4.69) is 15.1 Å². The van der Waals surface area contributed by atoms with Gasteiger partial charge in [0.1, 0.15) is 18.1 Å². The van der Waals surface area contributed by atoms with Crippen LogP contribution in [0.1, 0.15) is 12.1 Å². The first-order valence-corrected chi connectivity index (χ1v) is 6.89. The molecule has 1 atom stereocenters. The normalized spacial score (nSPS) is 12.8. The molecule has 0 radical (unpaired) electrons. The molecule has 0 aromatic carbocycles. The zero-order valence-electron chi connectivity index (χ0n) is 12.1. The predicted molar refractivity (Wildman–Crippen MR) is 79.1 cm³/mol. The van der Waals surface area contributed by atoms with Crippen molar-refractivity contribution < 1.29 is 14.3 Å². The number of oxazole rings is 1. The van der Waals surface area contributed by atoms with Gasteiger partial charge in [0.15, 0.2) is 5.82 Å². The highest BCUT2D eigenvalue weighted by Gasteiger charge is 2.18. The Hall–Kier alpha value is -2.45. The van der Waals surface area contributed by atoms with Crippen LogP contribution < -0.4 is 5.73 Å². The van der Waals surface area contributed by atoms with Crippen LogP contribution in [0.25, 0.3) is 17.0 Å². The molecule has 3 N–H and O–H groups in total. The Morgan fingerprint density at radius 2 is 2.32 bits per heavy atom. The van der Waals surface area contributed by atoms with E-state index in [1.807, 2.05) is 6.07 Å². The molecule has 116 valence electrons. The summed E-state index contributed by atoms with van der Waals surface area (Å²) in [5, 5.41) is 13.5. The summed E-state index contributed by atoms with van der Waals surface area (Å²) in [5.41, 5.74) is 8.31. The van der Waals surface area contributed by atoms with Crippen molar-refractivity contribution in [3.05, 3.63) is 30.5 Å². The molecule has 8 nitrogen and oxygen atoms in total. The summed E-state index contributed by atoms with van der Waals surface area (Å²) in [7, 11) is 1.58. The summed E-state index contributed by atoms with van der Waals surface area (Å²) in [5.74, 6) is 0.829. The fraction of sp³-hybridized carbons (Fsp3) is 0.357. The molecule has 8 heteroatoms. The Morgan fingerprint density at radius 1 is 1.45 bits per heavy atom. The van der Waals surface area contributed by atoms with Crippen molar-refractivity contribution in [3.63, 3.8) is 0 Å². The molecule has 0 aliphatic carbocycles. The predicted octanol–water partition coefficient (Wildman–Crippen LogP) is 0.906. The Labute approximate surface area is 126 Å². The lowest BCUT2D eigenvalue weighted by atomic mass is 10.1. The highest BCUT2D eigenvalue weighted by atomic mass is 16.5. The second kappa shape index (κ2) is 6.12. The Kier molecular flexibility index (Phi) is 4.03. The largest absolute Gasteiger partial charge is 0.444 e. The molecule has 3 heterocycles. The quantitative estimate of drug-likeness (QED) is 0.696. The van der Waals surface area contributed by atoms with Crippen molar-refractivity contribution in [2.24, 2.45) is 0 Å². The number of hydrogen-bond donors (Lipinski definition) is 2. The minimum atomic E-state index is -0.213. The van der Waals surface area contributed by atoms with E-state index >= 15 is 0 Å². The number of anilines is 1. The lowest BCUT2D eigenvalue weighted by Crippen LogP contribution is -2.16. The van der Waals surface area contributed by atoms with Crippen LogP contribution >= 0.6 is 0 Å². The molecule has 0 amide bonds. The molecule has 0 unspecified atom stereocenters. The standard InChI is InChI=1S/C14H17N5O3/c1-21-10(7-20)3-2-9-6-11(14-16-4-5-22-14)12-13(15)17-8-18-19(9)12/h4-6,8,10,20H,2-3,7H2,1H3,(H2,15,17,18)/t10-/m0/s1. The number of rotatable bonds is 6. The monoisotopic (exact) mass is 303 g/mol. The molecule has 3 aromatic rings. The number of nitrogen functional groups attached to an aromatic ring is 1. The van der Waals surface area contributed by atoms with Gasteiger partial charge in [-0.15, -0.1) is 0 Å². The lowest BCUT2D eigenvalue weighted by molar-refractivity contribution is 0.0433. The van der Waals surface area contributed by atoms with Gasteiger partial charge in [-0.05, 0) is 18.9 Å². The van der Waals surface area contributed by atoms with Gasteiger partial charge in [0, 0.05) is 12.8 Å². The van der Waals surface area contributed by atoms with Gasteiger partial charge in [0.2, 0.25) is 5.89 Å². The Morgan fingerprint density at radius 3 is 3.00 bits per heavy atom. The number of fused-ring (bicyclic) bond motifs is 1. The zero-order valence-corrected chi connectivity index (χ0v) is 12.1. The summed E-state index contributed by atoms with van der Waals surface area (Å²) >= 11 is 0. The van der Waals surface area contributed by atoms with Crippen LogP contribution in [0.5, 0.6) is 0 Å². The molecule has 0 fully saturated rings. The van der Waals surface area contributed by atoms with E-state index in [0.717, 1.165) is 11.3 Å². The van der Waals surface area contributed by atoms with E-state index in [-0.39, 0.29) is 12.7 Å². The summed E-state index contributed by atoms with van der Waals surface area (Å²) < 4.78 is 12.3. The van der Waals surface area contributed by atoms with E-state index in [1.54, 1.807) is 17.8 Å². The van der Waals surface area contributed by atoms with Crippen molar-refractivity contribution in [2.75, 3.05) is 19.5 Å². The SMILES string of the molecule is CO[C@H](CO)CCc1cc(-c2ncco2)c2c(N)ncnn12. The van der Waals surface area contributed by atoms with Gasteiger partial charge in [-0.25, -0.2) is 14.5 Å². The molecular weight excluding hydrogens is 286 g/mol. The third kappa shape index (κ3) is 2.53. The summed E-state index contributed by atoms with van der Waals surface area (Å²) in [6.45, 7) is -0.0243. The highest BCUT2D eigenvalue weighted by molar-refractivity contribution is 5.85. The van der Waals surface area contributed by atoms with Gasteiger partial charge < -0.3 is 20.0 Å². The number of methoxy groups -OCH3 is 1. The van der Waals surface area contributed by atoms with Gasteiger partial charge in [-0.3, -0.25) is 0 Å². The van der Waals surface area contributed by atoms with Crippen molar-refractivity contribution in [1.82, 2.24) is 19.6 Å². The van der Waals surface area contributed by atoms with Crippen LogP contribution in [0.3, 0.4) is 0 Å². The number of aromatic nitrogens is 4. The molecule has 0 aliphatic rings. The number of ether oxygens (including phenoxy) is 1. The average Bonchev–Trinajstić information content (AvgIpc) is 3.16. The second-order valence-corrected chi connectivity index (χ2v) is 4.87. The average molecular weight is 303 g/mol. The Bertz CT molecular complexity index is 749. The highest BCUT2D eigenvalue weighted by Crippen LogP contribution is 2.29. The number of nitrogens with zero attached hydrogens (tertiary/aromatic N) is 4. The van der Waals surface area contributed by atoms with E-state index < -0.39 is 0 Å². The third-order valence-electron chi connectivity index (χ3n) is 3.58. The van der Waals surface area contributed by atoms with E-state index in [0.29, 0.717) is 30.1 Å². The molecule has 0 bridgehead atoms. The summed E-state index contributed by atoms with van der Waals surface area (Å²) in [4.78, 5) is 8.19. The van der Waals surface area contributed by atoms with Crippen molar-refractivity contribution in [1.29, 1.82) is 0 Å². The fourth-order valence-electron chi connectivity index (χ4n) is 2.42. The second-order valence-electron chi connectivity index (χ2n) is 4.87. The first kappa shape index (κ1) is 14.5. The van der Waals surface area contributed by atoms with Gasteiger partial charge in [0.25, 0.3) is 0 Å². The summed E-state index contributed by atoms with van der Waals surface area (Å²) in [6.07, 6.45) is 5.60. The van der Waals surface area contributed by atoms with Crippen molar-refractivity contribution in [2.45, 2.75) is 18.9 Å². The van der Waals surface area contributed by atoms with Gasteiger partial charge in [0.05, 0.1) is 24.5 Å². The molecule has 0 spiro atoms. The van der Waals surface area contributed by atoms with Gasteiger partial charge >= 0.3 is 0 Å². The van der Waals surface area contributed by atoms with Crippen LogP contribution in [0.15, 0.2) is 29.3 Å². The van der Waals surface area contributed by atoms with Crippen LogP contribution in [0.2, 0.25) is 0 Å². The maximum absolute atomic E-state index is 9.21. The van der Waals surface area contributed by atoms with E-state index in [9.17, 15) is 5.11 Å². The lowest BCUT2D eigenvalue weighted by Gasteiger charge is -2.11. The van der Waals surface area contributed by atoms with Gasteiger partial charge in [-0.2, -0.15) is 5.10 Å². The van der Waals surface area contributed by atoms with Crippen LogP contribution in [-0.2, 0) is 11.2 Å². The third-order valence-corrected chi connectivity index (χ3v) is 3.58. The molecule has 0 saturated carbocycles. The molecule has 3 rings (SSSR count). The number of nitrogens with two attached hydrogens (primary N) is 1. The first-order valence-electron chi connectivity index (χ1n) is 6.89. The smallest absolute Gasteiger partial charge is 0.228 e. The van der Waals surface area contributed by atoms with Crippen LogP contribution in [0, 0.1) is 0 Å². The first-order chi connectivity index (χ1) is 10.7. The van der Waals surface area contributed by atoms with Crippen LogP contribution in [0.4, 0.5) is 5.82 Å². The summed E-state index contributed by atoms with van der Waals surface area (Å²) in [6, 6.07) is 1.93. The molecule has 0 saturated heterocycles. The van der Waals surface area contributed by atoms with E-state index in [4.69, 9.17) is 14.9 Å². The van der Waals surface area contributed by atoms with Gasteiger partial charge in [-0.1, -0.05) is 0 Å². The minimum absolute atomic E-state index is 0.0243. The van der Waals surface area contributed by atoms with Crippen molar-refractivity contribution >= 4 is 11.3 Å². The zero-order chi connectivity index (χ0) is 15.5. The molecule has 0 aliphatic heterocycles. The van der Waals surface area contributed by atoms with E-state index in [1.165, 1.54) is 12.6 Å². The minimum Gasteiger partial charge on any atom is -0.444 e. The number of aliphatic hydroxyl groups is 1. The maximum atomic E-state index is 9.21. The van der Waals surface area contributed by atoms with Crippen molar-refractivity contribution in [3.8, 4) is 11.5 Å². The van der Waals surface area contributed by atoms with Crippen LogP contribution in [-0.4, -0.2) is 44.5 Å². The molecule has 3 aromatic heterocycles. The molecule has 22 heavy (non-hydrogen) atoms. The number of hydrogen-bond acceptors (Lipinski definition) is 7.